The van der Waals surface area contributed by atoms with Crippen molar-refractivity contribution in [3.63, 3.8) is 0 Å². The van der Waals surface area contributed by atoms with Crippen LogP contribution >= 0.6 is 23.2 Å². The molecule has 1 rings (SSSR count). The maximum atomic E-state index is 12.7. The fraction of sp³-hybridized carbons (Fsp3) is 0.625. The SMILES string of the molecule is COC1(OC)C(Cl)=C(Cl)C(=O)C(C/C=C(\C)CC/C=C(\C)CCC=C(C)C)C1C. The highest BCUT2D eigenvalue weighted by atomic mass is 35.5. The zero-order valence-electron chi connectivity index (χ0n) is 18.9. The second kappa shape index (κ2) is 12.1. The lowest BCUT2D eigenvalue weighted by Crippen LogP contribution is -2.50. The standard InChI is InChI=1S/C24H36Cl2O3/c1-16(2)10-8-11-17(3)12-9-13-18(4)14-15-20-19(5)24(28-6,29-7)23(26)21(25)22(20)27/h10,12,14,19-20H,8-9,11,13,15H2,1-7H3/b17-12+,18-14+. The van der Waals surface area contributed by atoms with E-state index in [9.17, 15) is 4.79 Å². The van der Waals surface area contributed by atoms with E-state index in [-0.39, 0.29) is 27.7 Å². The molecule has 0 aromatic rings. The van der Waals surface area contributed by atoms with Crippen molar-refractivity contribution in [2.45, 2.75) is 72.5 Å². The largest absolute Gasteiger partial charge is 0.348 e. The lowest BCUT2D eigenvalue weighted by molar-refractivity contribution is -0.217. The third-order valence-corrected chi connectivity index (χ3v) is 6.63. The van der Waals surface area contributed by atoms with Crippen molar-refractivity contribution in [1.82, 2.24) is 0 Å². The number of hydrogen-bond acceptors (Lipinski definition) is 3. The van der Waals surface area contributed by atoms with Gasteiger partial charge in [-0.2, -0.15) is 0 Å². The molecule has 2 unspecified atom stereocenters. The zero-order chi connectivity index (χ0) is 22.2. The summed E-state index contributed by atoms with van der Waals surface area (Å²) in [6.45, 7) is 10.5. The van der Waals surface area contributed by atoms with Crippen LogP contribution in [0.2, 0.25) is 0 Å². The summed E-state index contributed by atoms with van der Waals surface area (Å²) in [5.41, 5.74) is 4.05. The molecular formula is C24H36Cl2O3. The first kappa shape index (κ1) is 26.2. The molecule has 3 nitrogen and oxygen atoms in total. The van der Waals surface area contributed by atoms with Gasteiger partial charge >= 0.3 is 0 Å². The van der Waals surface area contributed by atoms with Gasteiger partial charge in [-0.1, -0.05) is 65.1 Å². The lowest BCUT2D eigenvalue weighted by atomic mass is 9.76. The van der Waals surface area contributed by atoms with E-state index in [1.807, 2.05) is 6.92 Å². The Balaban J connectivity index is 2.74. The molecule has 1 aliphatic rings. The van der Waals surface area contributed by atoms with Crippen LogP contribution < -0.4 is 0 Å². The topological polar surface area (TPSA) is 35.5 Å². The molecule has 0 aliphatic heterocycles. The summed E-state index contributed by atoms with van der Waals surface area (Å²) in [5.74, 6) is -1.90. The van der Waals surface area contributed by atoms with Gasteiger partial charge < -0.3 is 9.47 Å². The molecule has 0 amide bonds. The molecule has 0 radical (unpaired) electrons. The Bertz CT molecular complexity index is 693. The van der Waals surface area contributed by atoms with E-state index >= 15 is 0 Å². The van der Waals surface area contributed by atoms with Crippen molar-refractivity contribution < 1.29 is 14.3 Å². The van der Waals surface area contributed by atoms with Crippen LogP contribution in [0.3, 0.4) is 0 Å². The Kier molecular flexibility index (Phi) is 10.9. The van der Waals surface area contributed by atoms with E-state index in [2.05, 4.69) is 45.9 Å². The number of carbonyl (C=O) groups is 1. The average Bonchev–Trinajstić information content (AvgIpc) is 2.67. The minimum atomic E-state index is -1.18. The third-order valence-electron chi connectivity index (χ3n) is 5.70. The molecule has 0 fully saturated rings. The van der Waals surface area contributed by atoms with Gasteiger partial charge in [-0.3, -0.25) is 4.79 Å². The van der Waals surface area contributed by atoms with Gasteiger partial charge in [0.05, 0.1) is 5.03 Å². The summed E-state index contributed by atoms with van der Waals surface area (Å²) in [4.78, 5) is 12.7. The minimum Gasteiger partial charge on any atom is -0.348 e. The Hall–Kier alpha value is -0.870. The molecule has 0 aromatic carbocycles. The highest BCUT2D eigenvalue weighted by molar-refractivity contribution is 6.49. The Morgan fingerprint density at radius 3 is 2.00 bits per heavy atom. The molecule has 1 aliphatic carbocycles. The molecule has 0 heterocycles. The number of ether oxygens (including phenoxy) is 2. The van der Waals surface area contributed by atoms with E-state index in [1.165, 1.54) is 30.9 Å². The maximum Gasteiger partial charge on any atom is 0.210 e. The van der Waals surface area contributed by atoms with E-state index in [1.54, 1.807) is 0 Å². The summed E-state index contributed by atoms with van der Waals surface area (Å²) >= 11 is 12.5. The fourth-order valence-corrected chi connectivity index (χ4v) is 4.42. The monoisotopic (exact) mass is 442 g/mol. The Morgan fingerprint density at radius 2 is 1.48 bits per heavy atom. The normalized spacial score (nSPS) is 22.9. The highest BCUT2D eigenvalue weighted by Gasteiger charge is 2.52. The van der Waals surface area contributed by atoms with Gasteiger partial charge in [-0.25, -0.2) is 0 Å². The fourth-order valence-electron chi connectivity index (χ4n) is 3.73. The molecular weight excluding hydrogens is 407 g/mol. The third kappa shape index (κ3) is 6.82. The molecule has 0 spiro atoms. The number of methoxy groups -OCH3 is 2. The van der Waals surface area contributed by atoms with Crippen LogP contribution in [0.1, 0.15) is 66.7 Å². The van der Waals surface area contributed by atoms with Crippen molar-refractivity contribution in [2.24, 2.45) is 11.8 Å². The Labute approximate surface area is 186 Å². The van der Waals surface area contributed by atoms with Gasteiger partial charge in [-0.15, -0.1) is 0 Å². The van der Waals surface area contributed by atoms with E-state index in [0.29, 0.717) is 6.42 Å². The summed E-state index contributed by atoms with van der Waals surface area (Å²) in [5, 5.41) is 0.145. The second-order valence-electron chi connectivity index (χ2n) is 8.16. The first-order valence-electron chi connectivity index (χ1n) is 10.3. The van der Waals surface area contributed by atoms with Gasteiger partial charge in [0.1, 0.15) is 5.03 Å². The van der Waals surface area contributed by atoms with Crippen LogP contribution in [0.5, 0.6) is 0 Å². The molecule has 0 N–H and O–H groups in total. The first-order valence-corrected chi connectivity index (χ1v) is 11.0. The summed E-state index contributed by atoms with van der Waals surface area (Å²) in [6.07, 6.45) is 11.5. The number of Topliss-reactive ketones (excluding diaryl/α,β-unsaturated/α-hetero) is 1. The Morgan fingerprint density at radius 1 is 0.966 bits per heavy atom. The number of halogens is 2. The second-order valence-corrected chi connectivity index (χ2v) is 8.91. The predicted octanol–water partition coefficient (Wildman–Crippen LogP) is 7.31. The minimum absolute atomic E-state index is 0.0134. The van der Waals surface area contributed by atoms with Gasteiger partial charge in [0.15, 0.2) is 5.78 Å². The van der Waals surface area contributed by atoms with E-state index in [4.69, 9.17) is 32.7 Å². The van der Waals surface area contributed by atoms with Crippen LogP contribution in [0.4, 0.5) is 0 Å². The van der Waals surface area contributed by atoms with E-state index in [0.717, 1.165) is 25.7 Å². The van der Waals surface area contributed by atoms with Crippen molar-refractivity contribution >= 4 is 29.0 Å². The first-order chi connectivity index (χ1) is 13.6. The average molecular weight is 443 g/mol. The van der Waals surface area contributed by atoms with Crippen LogP contribution in [-0.4, -0.2) is 25.8 Å². The quantitative estimate of drug-likeness (QED) is 0.262. The maximum absolute atomic E-state index is 12.7. The number of hydrogen-bond donors (Lipinski definition) is 0. The van der Waals surface area contributed by atoms with Gasteiger partial charge in [-0.05, 0) is 59.8 Å². The number of ketones is 1. The van der Waals surface area contributed by atoms with Crippen LogP contribution in [0.15, 0.2) is 45.0 Å². The summed E-state index contributed by atoms with van der Waals surface area (Å²) in [6, 6.07) is 0. The van der Waals surface area contributed by atoms with Gasteiger partial charge in [0.25, 0.3) is 0 Å². The van der Waals surface area contributed by atoms with Crippen molar-refractivity contribution in [2.75, 3.05) is 14.2 Å². The highest BCUT2D eigenvalue weighted by Crippen LogP contribution is 2.46. The smallest absolute Gasteiger partial charge is 0.210 e. The molecule has 29 heavy (non-hydrogen) atoms. The lowest BCUT2D eigenvalue weighted by Gasteiger charge is -2.42. The van der Waals surface area contributed by atoms with Crippen LogP contribution in [0.25, 0.3) is 0 Å². The van der Waals surface area contributed by atoms with Crippen LogP contribution in [0, 0.1) is 11.8 Å². The number of rotatable bonds is 10. The number of allylic oxidation sites excluding steroid dienone is 7. The summed E-state index contributed by atoms with van der Waals surface area (Å²) < 4.78 is 11.1. The predicted molar refractivity (Wildman–Crippen MR) is 123 cm³/mol. The van der Waals surface area contributed by atoms with Crippen molar-refractivity contribution in [3.05, 3.63) is 45.0 Å². The molecule has 5 heteroatoms. The molecule has 0 saturated carbocycles. The van der Waals surface area contributed by atoms with Crippen molar-refractivity contribution in [1.29, 1.82) is 0 Å². The molecule has 164 valence electrons. The molecule has 0 bridgehead atoms. The van der Waals surface area contributed by atoms with Gasteiger partial charge in [0.2, 0.25) is 5.79 Å². The van der Waals surface area contributed by atoms with Crippen LogP contribution in [-0.2, 0) is 14.3 Å². The zero-order valence-corrected chi connectivity index (χ0v) is 20.4. The van der Waals surface area contributed by atoms with Crippen molar-refractivity contribution in [3.8, 4) is 0 Å². The van der Waals surface area contributed by atoms with E-state index < -0.39 is 5.79 Å². The molecule has 0 aromatic heterocycles. The number of carbonyl (C=O) groups excluding carboxylic acids is 1. The molecule has 0 saturated heterocycles. The molecule has 2 atom stereocenters. The summed E-state index contributed by atoms with van der Waals surface area (Å²) in [7, 11) is 3.04. The van der Waals surface area contributed by atoms with Gasteiger partial charge in [0, 0.05) is 26.1 Å².